The van der Waals surface area contributed by atoms with Crippen molar-refractivity contribution in [3.8, 4) is 0 Å². The number of aromatic nitrogens is 1. The zero-order chi connectivity index (χ0) is 9.73. The van der Waals surface area contributed by atoms with E-state index in [0.717, 1.165) is 6.42 Å². The summed E-state index contributed by atoms with van der Waals surface area (Å²) in [5.74, 6) is 0. The van der Waals surface area contributed by atoms with E-state index in [0.29, 0.717) is 0 Å². The summed E-state index contributed by atoms with van der Waals surface area (Å²) in [5.41, 5.74) is 1.51. The van der Waals surface area contributed by atoms with E-state index in [4.69, 9.17) is 0 Å². The zero-order valence-corrected chi connectivity index (χ0v) is 8.88. The fourth-order valence-electron chi connectivity index (χ4n) is 1.76. The fourth-order valence-corrected chi connectivity index (χ4v) is 1.76. The predicted molar refractivity (Wildman–Crippen MR) is 56.8 cm³/mol. The van der Waals surface area contributed by atoms with Gasteiger partial charge in [-0.25, -0.2) is 0 Å². The van der Waals surface area contributed by atoms with Gasteiger partial charge in [0.1, 0.15) is 0 Å². The van der Waals surface area contributed by atoms with Crippen molar-refractivity contribution < 1.29 is 0 Å². The standard InChI is InChI=1S/C12H19N/c1-4-9-12(3,5-2)11-8-6-7-10-13-11/h6-8,10H,4-5,9H2,1-3H3. The third-order valence-corrected chi connectivity index (χ3v) is 2.87. The summed E-state index contributed by atoms with van der Waals surface area (Å²) in [7, 11) is 0. The number of rotatable bonds is 4. The molecule has 0 saturated carbocycles. The fraction of sp³-hybridized carbons (Fsp3) is 0.583. The topological polar surface area (TPSA) is 12.9 Å². The number of nitrogens with zero attached hydrogens (tertiary/aromatic N) is 1. The van der Waals surface area contributed by atoms with Gasteiger partial charge in [-0.15, -0.1) is 0 Å². The van der Waals surface area contributed by atoms with Gasteiger partial charge in [0, 0.05) is 17.3 Å². The van der Waals surface area contributed by atoms with E-state index in [1.807, 2.05) is 12.3 Å². The van der Waals surface area contributed by atoms with Crippen molar-refractivity contribution in [2.24, 2.45) is 0 Å². The van der Waals surface area contributed by atoms with Crippen molar-refractivity contribution >= 4 is 0 Å². The molecule has 0 spiro atoms. The van der Waals surface area contributed by atoms with E-state index in [1.54, 1.807) is 0 Å². The summed E-state index contributed by atoms with van der Waals surface area (Å²) in [6.45, 7) is 6.78. The molecule has 0 radical (unpaired) electrons. The molecule has 0 saturated heterocycles. The first-order valence-electron chi connectivity index (χ1n) is 5.14. The lowest BCUT2D eigenvalue weighted by molar-refractivity contribution is 0.402. The third-order valence-electron chi connectivity index (χ3n) is 2.87. The molecule has 1 aromatic heterocycles. The van der Waals surface area contributed by atoms with E-state index in [2.05, 4.69) is 37.9 Å². The second-order valence-corrected chi connectivity index (χ2v) is 3.88. The molecule has 1 atom stereocenters. The van der Waals surface area contributed by atoms with Gasteiger partial charge in [0.2, 0.25) is 0 Å². The van der Waals surface area contributed by atoms with Gasteiger partial charge in [0.05, 0.1) is 0 Å². The van der Waals surface area contributed by atoms with Crippen LogP contribution in [0.5, 0.6) is 0 Å². The average Bonchev–Trinajstić information content (AvgIpc) is 2.19. The van der Waals surface area contributed by atoms with Gasteiger partial charge in [0.15, 0.2) is 0 Å². The van der Waals surface area contributed by atoms with Gasteiger partial charge < -0.3 is 0 Å². The van der Waals surface area contributed by atoms with Crippen LogP contribution in [0.25, 0.3) is 0 Å². The summed E-state index contributed by atoms with van der Waals surface area (Å²) < 4.78 is 0. The number of hydrogen-bond donors (Lipinski definition) is 0. The zero-order valence-electron chi connectivity index (χ0n) is 8.88. The maximum Gasteiger partial charge on any atom is 0.0462 e. The molecule has 0 N–H and O–H groups in total. The highest BCUT2D eigenvalue weighted by Crippen LogP contribution is 2.30. The van der Waals surface area contributed by atoms with Crippen LogP contribution in [0.1, 0.15) is 45.7 Å². The van der Waals surface area contributed by atoms with Crippen molar-refractivity contribution in [1.29, 1.82) is 0 Å². The second-order valence-electron chi connectivity index (χ2n) is 3.88. The van der Waals surface area contributed by atoms with E-state index >= 15 is 0 Å². The summed E-state index contributed by atoms with van der Waals surface area (Å²) in [5, 5.41) is 0. The molecule has 72 valence electrons. The average molecular weight is 177 g/mol. The molecule has 1 aromatic rings. The Bertz CT molecular complexity index is 243. The largest absolute Gasteiger partial charge is 0.261 e. The Balaban J connectivity index is 2.89. The quantitative estimate of drug-likeness (QED) is 0.685. The SMILES string of the molecule is CCCC(C)(CC)c1ccccn1. The highest BCUT2D eigenvalue weighted by atomic mass is 14.7. The molecule has 1 rings (SSSR count). The first-order valence-corrected chi connectivity index (χ1v) is 5.14. The van der Waals surface area contributed by atoms with Gasteiger partial charge in [0.25, 0.3) is 0 Å². The lowest BCUT2D eigenvalue weighted by Crippen LogP contribution is -2.21. The Labute approximate surface area is 81.2 Å². The van der Waals surface area contributed by atoms with Crippen LogP contribution in [0.2, 0.25) is 0 Å². The minimum absolute atomic E-state index is 0.274. The molecule has 1 heterocycles. The van der Waals surface area contributed by atoms with Crippen molar-refractivity contribution in [2.75, 3.05) is 0 Å². The van der Waals surface area contributed by atoms with Crippen LogP contribution in [-0.2, 0) is 5.41 Å². The molecule has 1 unspecified atom stereocenters. The molecule has 0 bridgehead atoms. The summed E-state index contributed by atoms with van der Waals surface area (Å²) in [4.78, 5) is 4.44. The van der Waals surface area contributed by atoms with Gasteiger partial charge in [-0.05, 0) is 25.0 Å². The Morgan fingerprint density at radius 1 is 1.31 bits per heavy atom. The van der Waals surface area contributed by atoms with Crippen LogP contribution in [0.3, 0.4) is 0 Å². The molecule has 0 aliphatic carbocycles. The van der Waals surface area contributed by atoms with Crippen molar-refractivity contribution in [1.82, 2.24) is 4.98 Å². The van der Waals surface area contributed by atoms with Crippen LogP contribution in [0.15, 0.2) is 24.4 Å². The molecule has 0 fully saturated rings. The minimum Gasteiger partial charge on any atom is -0.261 e. The first kappa shape index (κ1) is 10.2. The van der Waals surface area contributed by atoms with Crippen LogP contribution < -0.4 is 0 Å². The van der Waals surface area contributed by atoms with Crippen LogP contribution in [0, 0.1) is 0 Å². The van der Waals surface area contributed by atoms with Crippen LogP contribution in [-0.4, -0.2) is 4.98 Å². The van der Waals surface area contributed by atoms with E-state index in [1.165, 1.54) is 18.5 Å². The lowest BCUT2D eigenvalue weighted by atomic mass is 9.79. The molecule has 1 heteroatoms. The Hall–Kier alpha value is -0.850. The molecule has 0 aliphatic heterocycles. The molecular formula is C12H19N. The molecule has 0 aliphatic rings. The molecule has 0 aromatic carbocycles. The maximum atomic E-state index is 4.44. The smallest absolute Gasteiger partial charge is 0.0462 e. The Morgan fingerprint density at radius 2 is 2.08 bits per heavy atom. The predicted octanol–water partition coefficient (Wildman–Crippen LogP) is 3.55. The minimum atomic E-state index is 0.274. The van der Waals surface area contributed by atoms with E-state index in [-0.39, 0.29) is 5.41 Å². The monoisotopic (exact) mass is 177 g/mol. The molecule has 13 heavy (non-hydrogen) atoms. The van der Waals surface area contributed by atoms with Gasteiger partial charge in [-0.3, -0.25) is 4.98 Å². The van der Waals surface area contributed by atoms with Crippen molar-refractivity contribution in [3.63, 3.8) is 0 Å². The molecule has 0 amide bonds. The molecular weight excluding hydrogens is 158 g/mol. The highest BCUT2D eigenvalue weighted by Gasteiger charge is 2.24. The molecule has 1 nitrogen and oxygen atoms in total. The van der Waals surface area contributed by atoms with Gasteiger partial charge >= 0.3 is 0 Å². The van der Waals surface area contributed by atoms with E-state index in [9.17, 15) is 0 Å². The van der Waals surface area contributed by atoms with Crippen LogP contribution in [0.4, 0.5) is 0 Å². The second kappa shape index (κ2) is 4.40. The normalized spacial score (nSPS) is 15.3. The lowest BCUT2D eigenvalue weighted by Gasteiger charge is -2.26. The van der Waals surface area contributed by atoms with Gasteiger partial charge in [-0.2, -0.15) is 0 Å². The summed E-state index contributed by atoms with van der Waals surface area (Å²) in [6, 6.07) is 6.19. The maximum absolute atomic E-state index is 4.44. The Kier molecular flexibility index (Phi) is 3.47. The summed E-state index contributed by atoms with van der Waals surface area (Å²) in [6.07, 6.45) is 5.50. The third kappa shape index (κ3) is 2.30. The van der Waals surface area contributed by atoms with Gasteiger partial charge in [-0.1, -0.05) is 33.3 Å². The summed E-state index contributed by atoms with van der Waals surface area (Å²) >= 11 is 0. The number of pyridine rings is 1. The Morgan fingerprint density at radius 3 is 2.54 bits per heavy atom. The van der Waals surface area contributed by atoms with Crippen molar-refractivity contribution in [3.05, 3.63) is 30.1 Å². The van der Waals surface area contributed by atoms with E-state index < -0.39 is 0 Å². The van der Waals surface area contributed by atoms with Crippen LogP contribution >= 0.6 is 0 Å². The number of hydrogen-bond acceptors (Lipinski definition) is 1. The van der Waals surface area contributed by atoms with Crippen molar-refractivity contribution in [2.45, 2.75) is 45.4 Å². The first-order chi connectivity index (χ1) is 6.23. The highest BCUT2D eigenvalue weighted by molar-refractivity contribution is 5.15.